The lowest BCUT2D eigenvalue weighted by atomic mass is 10.1. The van der Waals surface area contributed by atoms with Gasteiger partial charge in [-0.05, 0) is 32.0 Å². The number of amides is 1. The number of likely N-dealkylation sites (tertiary alicyclic amines) is 1. The number of nitrogens with one attached hydrogen (secondary N) is 1. The summed E-state index contributed by atoms with van der Waals surface area (Å²) in [6.07, 6.45) is 0.984. The van der Waals surface area contributed by atoms with E-state index in [1.54, 1.807) is 4.90 Å². The first-order valence-corrected chi connectivity index (χ1v) is 7.42. The van der Waals surface area contributed by atoms with Crippen molar-refractivity contribution in [3.8, 4) is 11.5 Å². The third-order valence-corrected chi connectivity index (χ3v) is 3.84. The van der Waals surface area contributed by atoms with Crippen LogP contribution in [0.4, 0.5) is 5.69 Å². The third kappa shape index (κ3) is 4.32. The molecule has 2 rings (SSSR count). The lowest BCUT2D eigenvalue weighted by Crippen LogP contribution is -2.34. The van der Waals surface area contributed by atoms with Crippen LogP contribution in [0.5, 0.6) is 11.5 Å². The monoisotopic (exact) mass is 323 g/mol. The molecule has 0 radical (unpaired) electrons. The van der Waals surface area contributed by atoms with Crippen LogP contribution < -0.4 is 14.8 Å². The molecule has 1 fully saturated rings. The number of nitrogens with zero attached hydrogens (tertiary/aromatic N) is 2. The molecule has 0 saturated carbocycles. The summed E-state index contributed by atoms with van der Waals surface area (Å²) in [5.41, 5.74) is -0.138. The Kier molecular flexibility index (Phi) is 5.75. The lowest BCUT2D eigenvalue weighted by Gasteiger charge is -2.17. The van der Waals surface area contributed by atoms with Crippen LogP contribution in [-0.2, 0) is 4.79 Å². The molecular weight excluding hydrogens is 302 g/mol. The number of rotatable bonds is 7. The highest BCUT2D eigenvalue weighted by molar-refractivity contribution is 5.78. The highest BCUT2D eigenvalue weighted by Gasteiger charge is 2.26. The average molecular weight is 323 g/mol. The highest BCUT2D eigenvalue weighted by atomic mass is 16.6. The second-order valence-corrected chi connectivity index (χ2v) is 5.43. The Morgan fingerprint density at radius 3 is 2.96 bits per heavy atom. The molecule has 1 heterocycles. The van der Waals surface area contributed by atoms with E-state index in [9.17, 15) is 14.9 Å². The molecule has 1 unspecified atom stereocenters. The van der Waals surface area contributed by atoms with Crippen LogP contribution in [-0.4, -0.2) is 56.1 Å². The van der Waals surface area contributed by atoms with Crippen LogP contribution in [0, 0.1) is 16.0 Å². The van der Waals surface area contributed by atoms with E-state index in [0.717, 1.165) is 26.1 Å². The van der Waals surface area contributed by atoms with Gasteiger partial charge in [0.25, 0.3) is 5.91 Å². The van der Waals surface area contributed by atoms with E-state index in [2.05, 4.69) is 5.32 Å². The minimum Gasteiger partial charge on any atom is -0.490 e. The van der Waals surface area contributed by atoms with Crippen LogP contribution in [0.1, 0.15) is 6.42 Å². The summed E-state index contributed by atoms with van der Waals surface area (Å²) in [7, 11) is 3.25. The molecule has 1 saturated heterocycles. The van der Waals surface area contributed by atoms with E-state index in [1.807, 2.05) is 7.05 Å². The minimum atomic E-state index is -0.528. The van der Waals surface area contributed by atoms with Gasteiger partial charge in [-0.2, -0.15) is 0 Å². The summed E-state index contributed by atoms with van der Waals surface area (Å²) in [5, 5.41) is 14.0. The zero-order valence-electron chi connectivity index (χ0n) is 13.3. The fourth-order valence-electron chi connectivity index (χ4n) is 2.65. The number of ether oxygens (including phenoxy) is 2. The van der Waals surface area contributed by atoms with Crippen LogP contribution >= 0.6 is 0 Å². The van der Waals surface area contributed by atoms with Gasteiger partial charge >= 0.3 is 5.69 Å². The number of nitro benzene ring substituents is 1. The first-order chi connectivity index (χ1) is 11.0. The maximum absolute atomic E-state index is 12.1. The Morgan fingerprint density at radius 2 is 2.30 bits per heavy atom. The molecule has 126 valence electrons. The zero-order valence-corrected chi connectivity index (χ0v) is 13.3. The molecule has 8 nitrogen and oxygen atoms in total. The van der Waals surface area contributed by atoms with Gasteiger partial charge in [0, 0.05) is 25.2 Å². The molecule has 1 aliphatic heterocycles. The fraction of sp³-hybridized carbons (Fsp3) is 0.533. The number of methoxy groups -OCH3 is 1. The summed E-state index contributed by atoms with van der Waals surface area (Å²) < 4.78 is 10.4. The van der Waals surface area contributed by atoms with Crippen molar-refractivity contribution in [3.05, 3.63) is 28.3 Å². The molecule has 0 spiro atoms. The Bertz CT molecular complexity index is 578. The number of carbonyl (C=O) groups is 1. The summed E-state index contributed by atoms with van der Waals surface area (Å²) in [6.45, 7) is 2.27. The Morgan fingerprint density at radius 1 is 1.52 bits per heavy atom. The van der Waals surface area contributed by atoms with E-state index >= 15 is 0 Å². The molecule has 1 aliphatic rings. The average Bonchev–Trinajstić information content (AvgIpc) is 3.01. The van der Waals surface area contributed by atoms with Gasteiger partial charge in [0.05, 0.1) is 12.0 Å². The first kappa shape index (κ1) is 17.0. The second kappa shape index (κ2) is 7.77. The molecule has 1 aromatic rings. The van der Waals surface area contributed by atoms with Crippen LogP contribution in [0.15, 0.2) is 18.2 Å². The van der Waals surface area contributed by atoms with Gasteiger partial charge in [-0.15, -0.1) is 0 Å². The van der Waals surface area contributed by atoms with Crippen LogP contribution in [0.25, 0.3) is 0 Å². The Balaban J connectivity index is 1.91. The minimum absolute atomic E-state index is 0.0825. The molecule has 8 heteroatoms. The van der Waals surface area contributed by atoms with Crippen molar-refractivity contribution in [2.75, 3.05) is 40.4 Å². The Labute approximate surface area is 134 Å². The molecule has 0 bridgehead atoms. The van der Waals surface area contributed by atoms with Crippen molar-refractivity contribution in [3.63, 3.8) is 0 Å². The molecule has 0 aliphatic carbocycles. The summed E-state index contributed by atoms with van der Waals surface area (Å²) in [5.74, 6) is 0.867. The van der Waals surface area contributed by atoms with Crippen LogP contribution in [0.2, 0.25) is 0 Å². The standard InChI is InChI=1S/C15H21N3O5/c1-16-8-11-5-6-17(9-11)15(19)10-23-12-3-4-13(18(20)21)14(7-12)22-2/h3-4,7,11,16H,5-6,8-10H2,1-2H3. The van der Waals surface area contributed by atoms with Gasteiger partial charge in [0.15, 0.2) is 6.61 Å². The van der Waals surface area contributed by atoms with E-state index in [-0.39, 0.29) is 24.0 Å². The van der Waals surface area contributed by atoms with Crippen molar-refractivity contribution < 1.29 is 19.2 Å². The summed E-state index contributed by atoms with van der Waals surface area (Å²) in [6, 6.07) is 4.18. The van der Waals surface area contributed by atoms with Crippen molar-refractivity contribution >= 4 is 11.6 Å². The van der Waals surface area contributed by atoms with E-state index in [0.29, 0.717) is 11.7 Å². The molecular formula is C15H21N3O5. The lowest BCUT2D eigenvalue weighted by molar-refractivity contribution is -0.385. The normalized spacial score (nSPS) is 17.1. The molecule has 1 atom stereocenters. The van der Waals surface area contributed by atoms with Crippen molar-refractivity contribution in [1.29, 1.82) is 0 Å². The SMILES string of the molecule is CNCC1CCN(C(=O)COc2ccc([N+](=O)[O-])c(OC)c2)C1. The van der Waals surface area contributed by atoms with Gasteiger partial charge in [-0.1, -0.05) is 0 Å². The number of benzene rings is 1. The Hall–Kier alpha value is -2.35. The third-order valence-electron chi connectivity index (χ3n) is 3.84. The van der Waals surface area contributed by atoms with Gasteiger partial charge in [0.1, 0.15) is 5.75 Å². The molecule has 1 aromatic carbocycles. The number of nitro groups is 1. The van der Waals surface area contributed by atoms with E-state index in [4.69, 9.17) is 9.47 Å². The molecule has 1 amide bonds. The van der Waals surface area contributed by atoms with Crippen molar-refractivity contribution in [1.82, 2.24) is 10.2 Å². The summed E-state index contributed by atoms with van der Waals surface area (Å²) >= 11 is 0. The highest BCUT2D eigenvalue weighted by Crippen LogP contribution is 2.30. The van der Waals surface area contributed by atoms with Gasteiger partial charge in [0.2, 0.25) is 5.75 Å². The van der Waals surface area contributed by atoms with Crippen molar-refractivity contribution in [2.24, 2.45) is 5.92 Å². The van der Waals surface area contributed by atoms with Crippen LogP contribution in [0.3, 0.4) is 0 Å². The smallest absolute Gasteiger partial charge is 0.311 e. The van der Waals surface area contributed by atoms with Gasteiger partial charge in [-0.25, -0.2) is 0 Å². The fourth-order valence-corrected chi connectivity index (χ4v) is 2.65. The molecule has 0 aromatic heterocycles. The largest absolute Gasteiger partial charge is 0.490 e. The predicted octanol–water partition coefficient (Wildman–Crippen LogP) is 1.05. The maximum Gasteiger partial charge on any atom is 0.311 e. The van der Waals surface area contributed by atoms with Gasteiger partial charge in [-0.3, -0.25) is 14.9 Å². The van der Waals surface area contributed by atoms with E-state index in [1.165, 1.54) is 25.3 Å². The first-order valence-electron chi connectivity index (χ1n) is 7.42. The van der Waals surface area contributed by atoms with Crippen molar-refractivity contribution in [2.45, 2.75) is 6.42 Å². The zero-order chi connectivity index (χ0) is 16.8. The quantitative estimate of drug-likeness (QED) is 0.595. The number of carbonyl (C=O) groups excluding carboxylic acids is 1. The topological polar surface area (TPSA) is 93.9 Å². The summed E-state index contributed by atoms with van der Waals surface area (Å²) in [4.78, 5) is 24.2. The predicted molar refractivity (Wildman–Crippen MR) is 83.8 cm³/mol. The second-order valence-electron chi connectivity index (χ2n) is 5.43. The number of hydrogen-bond acceptors (Lipinski definition) is 6. The van der Waals surface area contributed by atoms with Gasteiger partial charge < -0.3 is 19.7 Å². The molecule has 1 N–H and O–H groups in total. The maximum atomic E-state index is 12.1. The van der Waals surface area contributed by atoms with E-state index < -0.39 is 4.92 Å². The molecule has 23 heavy (non-hydrogen) atoms. The number of hydrogen-bond donors (Lipinski definition) is 1.